The van der Waals surface area contributed by atoms with Gasteiger partial charge in [-0.1, -0.05) is 23.7 Å². The van der Waals surface area contributed by atoms with E-state index in [1.54, 1.807) is 12.1 Å². The average Bonchev–Trinajstić information content (AvgIpc) is 2.42. The largest absolute Gasteiger partial charge is 0.399 e. The Balaban J connectivity index is 2.44. The normalized spacial score (nSPS) is 10.8. The fourth-order valence-electron chi connectivity index (χ4n) is 1.61. The first-order valence-corrected chi connectivity index (χ1v) is 7.37. The van der Waals surface area contributed by atoms with Gasteiger partial charge in [0.2, 0.25) is 0 Å². The molecule has 0 saturated heterocycles. The number of nitrogens with zero attached hydrogens (tertiary/aromatic N) is 1. The molecule has 0 amide bonds. The van der Waals surface area contributed by atoms with E-state index in [0.29, 0.717) is 5.69 Å². The minimum atomic E-state index is -3.89. The Morgan fingerprint density at radius 3 is 2.55 bits per heavy atom. The quantitative estimate of drug-likeness (QED) is 0.852. The van der Waals surface area contributed by atoms with Crippen molar-refractivity contribution in [2.45, 2.75) is 4.90 Å². The van der Waals surface area contributed by atoms with Crippen molar-refractivity contribution >= 4 is 33.0 Å². The van der Waals surface area contributed by atoms with Crippen molar-refractivity contribution in [2.24, 2.45) is 0 Å². The zero-order valence-corrected chi connectivity index (χ0v) is 11.7. The lowest BCUT2D eigenvalue weighted by Gasteiger charge is -2.11. The third-order valence-corrected chi connectivity index (χ3v) is 4.27. The molecule has 0 unspecified atom stereocenters. The molecular formula is C13H10ClN3O2S. The second-order valence-electron chi connectivity index (χ2n) is 3.95. The summed E-state index contributed by atoms with van der Waals surface area (Å²) in [4.78, 5) is -0.101. The van der Waals surface area contributed by atoms with Gasteiger partial charge in [0.15, 0.2) is 0 Å². The molecule has 7 heteroatoms. The molecule has 0 aliphatic heterocycles. The van der Waals surface area contributed by atoms with Crippen LogP contribution in [-0.4, -0.2) is 8.42 Å². The van der Waals surface area contributed by atoms with Crippen molar-refractivity contribution in [1.29, 1.82) is 5.26 Å². The van der Waals surface area contributed by atoms with E-state index in [4.69, 9.17) is 22.6 Å². The van der Waals surface area contributed by atoms with Gasteiger partial charge in [0, 0.05) is 5.69 Å². The van der Waals surface area contributed by atoms with Gasteiger partial charge in [-0.2, -0.15) is 5.26 Å². The molecule has 3 N–H and O–H groups in total. The Kier molecular flexibility index (Phi) is 3.84. The van der Waals surface area contributed by atoms with Gasteiger partial charge in [-0.15, -0.1) is 0 Å². The lowest BCUT2D eigenvalue weighted by atomic mass is 10.2. The number of nitrogens with one attached hydrogen (secondary N) is 1. The highest BCUT2D eigenvalue weighted by atomic mass is 35.5. The number of hydrogen-bond acceptors (Lipinski definition) is 4. The van der Waals surface area contributed by atoms with Crippen LogP contribution in [0.1, 0.15) is 5.56 Å². The van der Waals surface area contributed by atoms with Crippen LogP contribution in [0.4, 0.5) is 11.4 Å². The Hall–Kier alpha value is -2.23. The third-order valence-electron chi connectivity index (χ3n) is 2.53. The Labute approximate surface area is 121 Å². The molecule has 0 aliphatic rings. The number of anilines is 2. The molecule has 0 fully saturated rings. The van der Waals surface area contributed by atoms with E-state index < -0.39 is 10.0 Å². The second kappa shape index (κ2) is 5.41. The van der Waals surface area contributed by atoms with Crippen LogP contribution < -0.4 is 10.5 Å². The van der Waals surface area contributed by atoms with E-state index in [1.807, 2.05) is 6.07 Å². The van der Waals surface area contributed by atoms with Crippen LogP contribution in [0.2, 0.25) is 5.02 Å². The minimum Gasteiger partial charge on any atom is -0.399 e. The number of benzene rings is 2. The number of hydrogen-bond donors (Lipinski definition) is 2. The minimum absolute atomic E-state index is 0.0616. The van der Waals surface area contributed by atoms with Crippen LogP contribution in [0.5, 0.6) is 0 Å². The number of rotatable bonds is 3. The van der Waals surface area contributed by atoms with Crippen molar-refractivity contribution in [3.05, 3.63) is 53.1 Å². The van der Waals surface area contributed by atoms with Crippen LogP contribution in [0, 0.1) is 11.3 Å². The number of nitrogens with two attached hydrogens (primary N) is 1. The summed E-state index contributed by atoms with van der Waals surface area (Å²) in [7, 11) is -3.89. The van der Waals surface area contributed by atoms with Crippen LogP contribution in [0.3, 0.4) is 0 Å². The summed E-state index contributed by atoms with van der Waals surface area (Å²) in [5.74, 6) is 0. The zero-order chi connectivity index (χ0) is 14.8. The molecule has 0 spiro atoms. The molecule has 0 aliphatic carbocycles. The topological polar surface area (TPSA) is 96.0 Å². The fraction of sp³-hybridized carbons (Fsp3) is 0. The number of nitrogen functional groups attached to an aromatic ring is 1. The van der Waals surface area contributed by atoms with Crippen LogP contribution in [-0.2, 0) is 10.0 Å². The highest BCUT2D eigenvalue weighted by Gasteiger charge is 2.19. The summed E-state index contributed by atoms with van der Waals surface area (Å²) in [5, 5.41) is 9.14. The molecule has 2 aromatic rings. The van der Waals surface area contributed by atoms with Gasteiger partial charge >= 0.3 is 0 Å². The van der Waals surface area contributed by atoms with Crippen molar-refractivity contribution in [3.8, 4) is 6.07 Å². The highest BCUT2D eigenvalue weighted by molar-refractivity contribution is 7.92. The van der Waals surface area contributed by atoms with Crippen molar-refractivity contribution in [3.63, 3.8) is 0 Å². The molecule has 0 radical (unpaired) electrons. The molecular weight excluding hydrogens is 298 g/mol. The maximum atomic E-state index is 12.3. The summed E-state index contributed by atoms with van der Waals surface area (Å²) < 4.78 is 26.9. The maximum Gasteiger partial charge on any atom is 0.263 e. The number of sulfonamides is 1. The highest BCUT2D eigenvalue weighted by Crippen LogP contribution is 2.27. The molecule has 0 heterocycles. The molecule has 102 valence electrons. The van der Waals surface area contributed by atoms with E-state index in [0.717, 1.165) is 0 Å². The first-order chi connectivity index (χ1) is 9.44. The third kappa shape index (κ3) is 2.85. The zero-order valence-electron chi connectivity index (χ0n) is 10.2. The molecule has 5 nitrogen and oxygen atoms in total. The second-order valence-corrected chi connectivity index (χ2v) is 6.01. The molecule has 2 aromatic carbocycles. The van der Waals surface area contributed by atoms with Crippen LogP contribution in [0.15, 0.2) is 47.4 Å². The lowest BCUT2D eigenvalue weighted by Crippen LogP contribution is -2.14. The molecule has 2 rings (SSSR count). The molecule has 0 saturated carbocycles. The Morgan fingerprint density at radius 1 is 1.20 bits per heavy atom. The molecule has 0 atom stereocenters. The van der Waals surface area contributed by atoms with Crippen LogP contribution >= 0.6 is 11.6 Å². The maximum absolute atomic E-state index is 12.3. The number of halogens is 1. The monoisotopic (exact) mass is 307 g/mol. The van der Waals surface area contributed by atoms with Gasteiger partial charge < -0.3 is 5.73 Å². The standard InChI is InChI=1S/C13H10ClN3O2S/c14-11-7-10(16)5-6-12(11)17-20(18,19)13-4-2-1-3-9(13)8-15/h1-7,17H,16H2. The van der Waals surface area contributed by atoms with Gasteiger partial charge in [-0.3, -0.25) is 4.72 Å². The summed E-state index contributed by atoms with van der Waals surface area (Å²) in [6, 6.07) is 12.2. The van der Waals surface area contributed by atoms with Gasteiger partial charge in [-0.05, 0) is 30.3 Å². The Morgan fingerprint density at radius 2 is 1.90 bits per heavy atom. The summed E-state index contributed by atoms with van der Waals surface area (Å²) in [6.07, 6.45) is 0. The molecule has 0 aromatic heterocycles. The smallest absolute Gasteiger partial charge is 0.263 e. The number of nitriles is 1. The van der Waals surface area contributed by atoms with Crippen LogP contribution in [0.25, 0.3) is 0 Å². The summed E-state index contributed by atoms with van der Waals surface area (Å²) in [6.45, 7) is 0. The van der Waals surface area contributed by atoms with E-state index in [2.05, 4.69) is 4.72 Å². The van der Waals surface area contributed by atoms with Gasteiger partial charge in [-0.25, -0.2) is 8.42 Å². The molecule has 20 heavy (non-hydrogen) atoms. The first-order valence-electron chi connectivity index (χ1n) is 5.51. The fourth-order valence-corrected chi connectivity index (χ4v) is 3.14. The van der Waals surface area contributed by atoms with Gasteiger partial charge in [0.1, 0.15) is 11.0 Å². The van der Waals surface area contributed by atoms with Crippen molar-refractivity contribution < 1.29 is 8.42 Å². The van der Waals surface area contributed by atoms with E-state index in [1.165, 1.54) is 30.3 Å². The SMILES string of the molecule is N#Cc1ccccc1S(=O)(=O)Nc1ccc(N)cc1Cl. The summed E-state index contributed by atoms with van der Waals surface area (Å²) in [5.41, 5.74) is 6.23. The first kappa shape index (κ1) is 14.2. The van der Waals surface area contributed by atoms with E-state index in [-0.39, 0.29) is 21.2 Å². The Bertz CT molecular complexity index is 798. The predicted octanol–water partition coefficient (Wildman–Crippen LogP) is 2.59. The summed E-state index contributed by atoms with van der Waals surface area (Å²) >= 11 is 5.92. The van der Waals surface area contributed by atoms with E-state index >= 15 is 0 Å². The van der Waals surface area contributed by atoms with Crippen molar-refractivity contribution in [2.75, 3.05) is 10.5 Å². The van der Waals surface area contributed by atoms with E-state index in [9.17, 15) is 8.42 Å². The predicted molar refractivity (Wildman–Crippen MR) is 77.8 cm³/mol. The van der Waals surface area contributed by atoms with Gasteiger partial charge in [0.05, 0.1) is 16.3 Å². The average molecular weight is 308 g/mol. The lowest BCUT2D eigenvalue weighted by molar-refractivity contribution is 0.601. The molecule has 0 bridgehead atoms. The van der Waals surface area contributed by atoms with Crippen molar-refractivity contribution in [1.82, 2.24) is 0 Å². The van der Waals surface area contributed by atoms with Gasteiger partial charge in [0.25, 0.3) is 10.0 Å².